The topological polar surface area (TPSA) is 47.6 Å². The molecule has 0 aromatic heterocycles. The SMILES string of the molecule is CC1(C)OC[C@@H](CNC(=O)c2ccccc2)O1. The fourth-order valence-corrected chi connectivity index (χ4v) is 1.76. The van der Waals surface area contributed by atoms with Crippen molar-refractivity contribution in [1.82, 2.24) is 5.32 Å². The third-order valence-electron chi connectivity index (χ3n) is 2.59. The maximum Gasteiger partial charge on any atom is 0.251 e. The predicted octanol–water partition coefficient (Wildman–Crippen LogP) is 1.57. The molecule has 1 aliphatic rings. The van der Waals surface area contributed by atoms with Gasteiger partial charge in [-0.25, -0.2) is 0 Å². The van der Waals surface area contributed by atoms with Crippen molar-refractivity contribution in [3.63, 3.8) is 0 Å². The van der Waals surface area contributed by atoms with Crippen molar-refractivity contribution < 1.29 is 14.3 Å². The zero-order valence-electron chi connectivity index (χ0n) is 10.1. The molecule has 0 bridgehead atoms. The van der Waals surface area contributed by atoms with Gasteiger partial charge in [-0.05, 0) is 26.0 Å². The van der Waals surface area contributed by atoms with Gasteiger partial charge in [0.1, 0.15) is 6.10 Å². The summed E-state index contributed by atoms with van der Waals surface area (Å²) in [5.74, 6) is -0.624. The third-order valence-corrected chi connectivity index (χ3v) is 2.59. The van der Waals surface area contributed by atoms with Gasteiger partial charge in [-0.1, -0.05) is 18.2 Å². The van der Waals surface area contributed by atoms with E-state index in [1.54, 1.807) is 12.1 Å². The molecule has 4 heteroatoms. The van der Waals surface area contributed by atoms with Gasteiger partial charge in [-0.2, -0.15) is 0 Å². The summed E-state index contributed by atoms with van der Waals surface area (Å²) in [4.78, 5) is 11.8. The van der Waals surface area contributed by atoms with E-state index in [0.29, 0.717) is 18.7 Å². The highest BCUT2D eigenvalue weighted by Crippen LogP contribution is 2.21. The highest BCUT2D eigenvalue weighted by atomic mass is 16.7. The summed E-state index contributed by atoms with van der Waals surface area (Å²) in [5.41, 5.74) is 0.658. The second-order valence-corrected chi connectivity index (χ2v) is 4.53. The summed E-state index contributed by atoms with van der Waals surface area (Å²) in [7, 11) is 0. The normalized spacial score (nSPS) is 22.4. The maximum atomic E-state index is 11.8. The van der Waals surface area contributed by atoms with E-state index in [0.717, 1.165) is 0 Å². The molecule has 1 saturated heterocycles. The van der Waals surface area contributed by atoms with Crippen LogP contribution in [0.1, 0.15) is 24.2 Å². The Hall–Kier alpha value is -1.39. The number of ether oxygens (including phenoxy) is 2. The first-order chi connectivity index (χ1) is 8.07. The van der Waals surface area contributed by atoms with Crippen LogP contribution < -0.4 is 5.32 Å². The molecule has 0 aliphatic carbocycles. The number of carbonyl (C=O) groups is 1. The summed E-state index contributed by atoms with van der Waals surface area (Å²) in [6, 6.07) is 9.13. The van der Waals surface area contributed by atoms with Gasteiger partial charge in [0.25, 0.3) is 5.91 Å². The fraction of sp³-hybridized carbons (Fsp3) is 0.462. The van der Waals surface area contributed by atoms with E-state index in [2.05, 4.69) is 5.32 Å². The molecule has 1 fully saturated rings. The highest BCUT2D eigenvalue weighted by Gasteiger charge is 2.32. The first-order valence-electron chi connectivity index (χ1n) is 5.72. The van der Waals surface area contributed by atoms with Crippen molar-refractivity contribution in [2.75, 3.05) is 13.2 Å². The molecular formula is C13H17NO3. The number of hydrogen-bond donors (Lipinski definition) is 1. The van der Waals surface area contributed by atoms with Gasteiger partial charge >= 0.3 is 0 Å². The standard InChI is InChI=1S/C13H17NO3/c1-13(2)16-9-11(17-13)8-14-12(15)10-6-4-3-5-7-10/h3-7,11H,8-9H2,1-2H3,(H,14,15)/t11-/m1/s1. The van der Waals surface area contributed by atoms with Gasteiger partial charge < -0.3 is 14.8 Å². The summed E-state index contributed by atoms with van der Waals surface area (Å²) in [5, 5.41) is 2.83. The van der Waals surface area contributed by atoms with Crippen molar-refractivity contribution in [2.24, 2.45) is 0 Å². The molecule has 0 unspecified atom stereocenters. The average Bonchev–Trinajstić information content (AvgIpc) is 2.67. The van der Waals surface area contributed by atoms with E-state index in [1.807, 2.05) is 32.0 Å². The Kier molecular flexibility index (Phi) is 3.45. The van der Waals surface area contributed by atoms with Crippen LogP contribution in [0.2, 0.25) is 0 Å². The van der Waals surface area contributed by atoms with E-state index in [4.69, 9.17) is 9.47 Å². The molecule has 0 spiro atoms. The average molecular weight is 235 g/mol. The van der Waals surface area contributed by atoms with Gasteiger partial charge in [0.2, 0.25) is 0 Å². The number of hydrogen-bond acceptors (Lipinski definition) is 3. The molecule has 1 atom stereocenters. The van der Waals surface area contributed by atoms with Crippen LogP contribution in [0.4, 0.5) is 0 Å². The van der Waals surface area contributed by atoms with Gasteiger partial charge in [0.05, 0.1) is 6.61 Å². The lowest BCUT2D eigenvalue weighted by Crippen LogP contribution is -2.34. The van der Waals surface area contributed by atoms with Crippen LogP contribution in [0.5, 0.6) is 0 Å². The number of carbonyl (C=O) groups excluding carboxylic acids is 1. The number of amides is 1. The molecular weight excluding hydrogens is 218 g/mol. The Balaban J connectivity index is 1.82. The van der Waals surface area contributed by atoms with E-state index < -0.39 is 5.79 Å². The fourth-order valence-electron chi connectivity index (χ4n) is 1.76. The van der Waals surface area contributed by atoms with Crippen LogP contribution in [0.15, 0.2) is 30.3 Å². The molecule has 2 rings (SSSR count). The summed E-state index contributed by atoms with van der Waals surface area (Å²) in [6.07, 6.45) is -0.0716. The second-order valence-electron chi connectivity index (χ2n) is 4.53. The van der Waals surface area contributed by atoms with Crippen LogP contribution in [-0.4, -0.2) is 30.9 Å². The molecule has 17 heavy (non-hydrogen) atoms. The third kappa shape index (κ3) is 3.28. The van der Waals surface area contributed by atoms with Crippen molar-refractivity contribution in [3.8, 4) is 0 Å². The van der Waals surface area contributed by atoms with Crippen molar-refractivity contribution in [3.05, 3.63) is 35.9 Å². The molecule has 1 amide bonds. The Morgan fingerprint density at radius 2 is 2.12 bits per heavy atom. The number of benzene rings is 1. The largest absolute Gasteiger partial charge is 0.349 e. The Labute approximate surface area is 101 Å². The van der Waals surface area contributed by atoms with Crippen LogP contribution in [0.3, 0.4) is 0 Å². The molecule has 1 aromatic rings. The molecule has 0 radical (unpaired) electrons. The molecule has 0 saturated carbocycles. The summed E-state index contributed by atoms with van der Waals surface area (Å²) < 4.78 is 11.0. The van der Waals surface area contributed by atoms with Crippen LogP contribution in [-0.2, 0) is 9.47 Å². The Morgan fingerprint density at radius 3 is 2.71 bits per heavy atom. The molecule has 1 aliphatic heterocycles. The van der Waals surface area contributed by atoms with Gasteiger partial charge in [-0.15, -0.1) is 0 Å². The molecule has 1 heterocycles. The van der Waals surface area contributed by atoms with Gasteiger partial charge in [0, 0.05) is 12.1 Å². The second kappa shape index (κ2) is 4.85. The molecule has 92 valence electrons. The van der Waals surface area contributed by atoms with Crippen LogP contribution in [0.25, 0.3) is 0 Å². The zero-order chi connectivity index (χ0) is 12.3. The van der Waals surface area contributed by atoms with Gasteiger partial charge in [0.15, 0.2) is 5.79 Å². The van der Waals surface area contributed by atoms with E-state index >= 15 is 0 Å². The number of rotatable bonds is 3. The minimum absolute atomic E-state index is 0.0716. The lowest BCUT2D eigenvalue weighted by Gasteiger charge is -2.17. The van der Waals surface area contributed by atoms with Crippen molar-refractivity contribution in [2.45, 2.75) is 25.7 Å². The lowest BCUT2D eigenvalue weighted by molar-refractivity contribution is -0.137. The summed E-state index contributed by atoms with van der Waals surface area (Å²) in [6.45, 7) is 4.72. The Bertz CT molecular complexity index is 389. The first kappa shape index (κ1) is 12.1. The predicted molar refractivity (Wildman–Crippen MR) is 63.7 cm³/mol. The van der Waals surface area contributed by atoms with E-state index in [-0.39, 0.29) is 12.0 Å². The quantitative estimate of drug-likeness (QED) is 0.865. The smallest absolute Gasteiger partial charge is 0.251 e. The van der Waals surface area contributed by atoms with Crippen molar-refractivity contribution >= 4 is 5.91 Å². The summed E-state index contributed by atoms with van der Waals surface area (Å²) >= 11 is 0. The highest BCUT2D eigenvalue weighted by molar-refractivity contribution is 5.94. The monoisotopic (exact) mass is 235 g/mol. The molecule has 1 aromatic carbocycles. The number of nitrogens with one attached hydrogen (secondary N) is 1. The minimum Gasteiger partial charge on any atom is -0.349 e. The lowest BCUT2D eigenvalue weighted by atomic mass is 10.2. The zero-order valence-corrected chi connectivity index (χ0v) is 10.1. The molecule has 1 N–H and O–H groups in total. The maximum absolute atomic E-state index is 11.8. The molecule has 4 nitrogen and oxygen atoms in total. The minimum atomic E-state index is -0.540. The van der Waals surface area contributed by atoms with Crippen LogP contribution >= 0.6 is 0 Å². The Morgan fingerprint density at radius 1 is 1.41 bits per heavy atom. The van der Waals surface area contributed by atoms with E-state index in [1.165, 1.54) is 0 Å². The van der Waals surface area contributed by atoms with Gasteiger partial charge in [-0.3, -0.25) is 4.79 Å². The van der Waals surface area contributed by atoms with Crippen molar-refractivity contribution in [1.29, 1.82) is 0 Å². The first-order valence-corrected chi connectivity index (χ1v) is 5.72. The van der Waals surface area contributed by atoms with E-state index in [9.17, 15) is 4.79 Å². The van der Waals surface area contributed by atoms with Crippen LogP contribution in [0, 0.1) is 0 Å².